The minimum Gasteiger partial charge on any atom is -0.481 e. The van der Waals surface area contributed by atoms with Gasteiger partial charge in [-0.2, -0.15) is 0 Å². The molecule has 5 N–H and O–H groups in total. The molecular formula is C26H29N5O6S. The monoisotopic (exact) mass is 539 g/mol. The number of aliphatic carboxylic acids is 1. The van der Waals surface area contributed by atoms with E-state index < -0.39 is 30.0 Å². The second kappa shape index (κ2) is 14.3. The van der Waals surface area contributed by atoms with Gasteiger partial charge in [0.15, 0.2) is 5.13 Å². The molecule has 3 rings (SSSR count). The van der Waals surface area contributed by atoms with Crippen LogP contribution in [0.2, 0.25) is 0 Å². The van der Waals surface area contributed by atoms with Gasteiger partial charge in [-0.25, -0.2) is 14.6 Å². The van der Waals surface area contributed by atoms with Crippen LogP contribution in [0, 0.1) is 0 Å². The topological polar surface area (TPSA) is 159 Å². The molecule has 3 aromatic rings. The van der Waals surface area contributed by atoms with Crippen molar-refractivity contribution in [3.8, 4) is 0 Å². The van der Waals surface area contributed by atoms with Gasteiger partial charge in [-0.3, -0.25) is 14.9 Å². The number of benzene rings is 2. The zero-order valence-corrected chi connectivity index (χ0v) is 21.5. The largest absolute Gasteiger partial charge is 0.481 e. The van der Waals surface area contributed by atoms with Crippen molar-refractivity contribution in [3.05, 3.63) is 76.8 Å². The zero-order chi connectivity index (χ0) is 27.3. The Bertz CT molecular complexity index is 1230. The highest BCUT2D eigenvalue weighted by molar-refractivity contribution is 7.14. The number of amides is 4. The molecule has 11 nitrogen and oxygen atoms in total. The standard InChI is InChI=1S/C26H29N5O6S/c1-2-3-13-37-26(36)30-20(14-22(32)33)18-9-11-19(12-10-18)28-23(34)21-16-38-25(29-21)31-24(35)27-15-17-7-5-4-6-8-17/h4-12,16,20H,2-3,13-15H2,1H3,(H,28,34)(H,30,36)(H,32,33)(H2,27,29,31,35). The number of urea groups is 1. The number of anilines is 2. The predicted octanol–water partition coefficient (Wildman–Crippen LogP) is 4.76. The van der Waals surface area contributed by atoms with Crippen molar-refractivity contribution in [1.29, 1.82) is 0 Å². The summed E-state index contributed by atoms with van der Waals surface area (Å²) in [6.07, 6.45) is 0.552. The molecule has 0 aliphatic heterocycles. The molecule has 0 radical (unpaired) electrons. The fraction of sp³-hybridized carbons (Fsp3) is 0.269. The van der Waals surface area contributed by atoms with Gasteiger partial charge in [0.25, 0.3) is 5.91 Å². The third kappa shape index (κ3) is 9.21. The van der Waals surface area contributed by atoms with Gasteiger partial charge in [0.1, 0.15) is 5.69 Å². The third-order valence-corrected chi connectivity index (χ3v) is 5.98. The third-order valence-electron chi connectivity index (χ3n) is 5.23. The van der Waals surface area contributed by atoms with Crippen molar-refractivity contribution >= 4 is 46.2 Å². The minimum absolute atomic E-state index is 0.123. The van der Waals surface area contributed by atoms with Crippen molar-refractivity contribution in [2.45, 2.75) is 38.8 Å². The van der Waals surface area contributed by atoms with Gasteiger partial charge in [0.05, 0.1) is 19.1 Å². The molecule has 200 valence electrons. The second-order valence-corrected chi connectivity index (χ2v) is 9.05. The quantitative estimate of drug-likeness (QED) is 0.208. The fourth-order valence-electron chi connectivity index (χ4n) is 3.27. The van der Waals surface area contributed by atoms with Crippen LogP contribution in [0.25, 0.3) is 0 Å². The molecule has 38 heavy (non-hydrogen) atoms. The maximum atomic E-state index is 12.6. The summed E-state index contributed by atoms with van der Waals surface area (Å²) in [5.74, 6) is -1.56. The lowest BCUT2D eigenvalue weighted by molar-refractivity contribution is -0.137. The van der Waals surface area contributed by atoms with Gasteiger partial charge in [0, 0.05) is 17.6 Å². The predicted molar refractivity (Wildman–Crippen MR) is 143 cm³/mol. The van der Waals surface area contributed by atoms with E-state index in [4.69, 9.17) is 4.74 Å². The first-order valence-electron chi connectivity index (χ1n) is 11.9. The summed E-state index contributed by atoms with van der Waals surface area (Å²) in [7, 11) is 0. The van der Waals surface area contributed by atoms with E-state index in [0.717, 1.165) is 23.3 Å². The smallest absolute Gasteiger partial charge is 0.407 e. The highest BCUT2D eigenvalue weighted by Crippen LogP contribution is 2.21. The Hall–Kier alpha value is -4.45. The van der Waals surface area contributed by atoms with Gasteiger partial charge in [-0.1, -0.05) is 55.8 Å². The Morgan fingerprint density at radius 2 is 1.76 bits per heavy atom. The van der Waals surface area contributed by atoms with Crippen LogP contribution < -0.4 is 21.3 Å². The second-order valence-electron chi connectivity index (χ2n) is 8.19. The number of ether oxygens (including phenoxy) is 1. The molecule has 0 saturated carbocycles. The van der Waals surface area contributed by atoms with Crippen LogP contribution in [0.5, 0.6) is 0 Å². The molecule has 0 bridgehead atoms. The average molecular weight is 540 g/mol. The van der Waals surface area contributed by atoms with E-state index in [9.17, 15) is 24.3 Å². The first-order chi connectivity index (χ1) is 18.3. The number of carboxylic acid groups (broad SMARTS) is 1. The van der Waals surface area contributed by atoms with Crippen molar-refractivity contribution < 1.29 is 29.0 Å². The number of rotatable bonds is 12. The molecule has 12 heteroatoms. The van der Waals surface area contributed by atoms with Crippen molar-refractivity contribution in [2.24, 2.45) is 0 Å². The number of carbonyl (C=O) groups is 4. The van der Waals surface area contributed by atoms with Crippen LogP contribution in [0.15, 0.2) is 60.0 Å². The summed E-state index contributed by atoms with van der Waals surface area (Å²) in [5, 5.41) is 21.6. The van der Waals surface area contributed by atoms with Gasteiger partial charge in [-0.15, -0.1) is 11.3 Å². The Morgan fingerprint density at radius 3 is 2.45 bits per heavy atom. The van der Waals surface area contributed by atoms with Gasteiger partial charge in [0.2, 0.25) is 0 Å². The SMILES string of the molecule is CCCCOC(=O)NC(CC(=O)O)c1ccc(NC(=O)c2csc(NC(=O)NCc3ccccc3)n2)cc1. The molecule has 2 aromatic carbocycles. The molecule has 0 fully saturated rings. The maximum Gasteiger partial charge on any atom is 0.407 e. The molecule has 1 aromatic heterocycles. The van der Waals surface area contributed by atoms with Crippen LogP contribution in [-0.2, 0) is 16.1 Å². The van der Waals surface area contributed by atoms with Crippen LogP contribution in [-0.4, -0.2) is 40.7 Å². The van der Waals surface area contributed by atoms with Crippen molar-refractivity contribution in [2.75, 3.05) is 17.2 Å². The summed E-state index contributed by atoms with van der Waals surface area (Å²) >= 11 is 1.11. The zero-order valence-electron chi connectivity index (χ0n) is 20.7. The molecule has 1 unspecified atom stereocenters. The lowest BCUT2D eigenvalue weighted by Crippen LogP contribution is -2.31. The molecule has 0 aliphatic rings. The minimum atomic E-state index is -1.08. The van der Waals surface area contributed by atoms with E-state index in [-0.39, 0.29) is 23.9 Å². The number of alkyl carbamates (subject to hydrolysis) is 1. The lowest BCUT2D eigenvalue weighted by Gasteiger charge is -2.18. The van der Waals surface area contributed by atoms with Crippen molar-refractivity contribution in [1.82, 2.24) is 15.6 Å². The molecule has 4 amide bonds. The molecule has 0 aliphatic carbocycles. The Kier molecular flexibility index (Phi) is 10.6. The van der Waals surface area contributed by atoms with E-state index in [1.54, 1.807) is 24.3 Å². The highest BCUT2D eigenvalue weighted by Gasteiger charge is 2.19. The molecule has 1 heterocycles. The van der Waals surface area contributed by atoms with Gasteiger partial charge >= 0.3 is 18.1 Å². The number of carboxylic acids is 1. The normalized spacial score (nSPS) is 11.2. The molecule has 0 spiro atoms. The molecule has 1 atom stereocenters. The van der Waals surface area contributed by atoms with E-state index in [1.165, 1.54) is 5.38 Å². The Morgan fingerprint density at radius 1 is 1.03 bits per heavy atom. The lowest BCUT2D eigenvalue weighted by atomic mass is 10.0. The van der Waals surface area contributed by atoms with Crippen LogP contribution in [0.3, 0.4) is 0 Å². The Labute approximate surface area is 223 Å². The number of hydrogen-bond acceptors (Lipinski definition) is 7. The summed E-state index contributed by atoms with van der Waals surface area (Å²) in [5.41, 5.74) is 2.06. The number of nitrogens with zero attached hydrogens (tertiary/aromatic N) is 1. The number of unbranched alkanes of at least 4 members (excludes halogenated alkanes) is 1. The summed E-state index contributed by atoms with van der Waals surface area (Å²) in [6, 6.07) is 14.6. The fourth-order valence-corrected chi connectivity index (χ4v) is 3.95. The van der Waals surface area contributed by atoms with Crippen LogP contribution >= 0.6 is 11.3 Å². The number of nitrogens with one attached hydrogen (secondary N) is 4. The first-order valence-corrected chi connectivity index (χ1v) is 12.8. The number of thiazole rings is 1. The number of hydrogen-bond donors (Lipinski definition) is 5. The Balaban J connectivity index is 1.53. The average Bonchev–Trinajstić information content (AvgIpc) is 3.37. The van der Waals surface area contributed by atoms with Gasteiger partial charge < -0.3 is 25.8 Å². The highest BCUT2D eigenvalue weighted by atomic mass is 32.1. The molecule has 0 saturated heterocycles. The van der Waals surface area contributed by atoms with Gasteiger partial charge in [-0.05, 0) is 29.7 Å². The van der Waals surface area contributed by atoms with Crippen LogP contribution in [0.1, 0.15) is 53.8 Å². The number of aromatic nitrogens is 1. The van der Waals surface area contributed by atoms with E-state index in [1.807, 2.05) is 37.3 Å². The summed E-state index contributed by atoms with van der Waals surface area (Å²) in [6.45, 7) is 2.56. The van der Waals surface area contributed by atoms with E-state index in [2.05, 4.69) is 26.3 Å². The summed E-state index contributed by atoms with van der Waals surface area (Å²) < 4.78 is 5.06. The van der Waals surface area contributed by atoms with Crippen LogP contribution in [0.4, 0.5) is 20.4 Å². The van der Waals surface area contributed by atoms with E-state index in [0.29, 0.717) is 24.2 Å². The summed E-state index contributed by atoms with van der Waals surface area (Å²) in [4.78, 5) is 52.2. The molecular weight excluding hydrogens is 510 g/mol. The first kappa shape index (κ1) is 28.1. The van der Waals surface area contributed by atoms with Crippen molar-refractivity contribution in [3.63, 3.8) is 0 Å². The maximum absolute atomic E-state index is 12.6. The van der Waals surface area contributed by atoms with E-state index >= 15 is 0 Å². The number of carbonyl (C=O) groups excluding carboxylic acids is 3.